The molecule has 0 unspecified atom stereocenters. The molecule has 124 valence electrons. The highest BCUT2D eigenvalue weighted by Crippen LogP contribution is 2.33. The van der Waals surface area contributed by atoms with Crippen molar-refractivity contribution in [2.75, 3.05) is 0 Å². The Bertz CT molecular complexity index is 950. The first-order valence-electron chi connectivity index (χ1n) is 8.05. The van der Waals surface area contributed by atoms with Gasteiger partial charge in [0.05, 0.1) is 11.3 Å². The molecule has 24 heavy (non-hydrogen) atoms. The van der Waals surface area contributed by atoms with E-state index >= 15 is 0 Å². The summed E-state index contributed by atoms with van der Waals surface area (Å²) in [5.74, 6) is -0.997. The van der Waals surface area contributed by atoms with Crippen LogP contribution in [-0.2, 0) is 6.42 Å². The Kier molecular flexibility index (Phi) is 3.87. The van der Waals surface area contributed by atoms with Crippen molar-refractivity contribution in [2.45, 2.75) is 41.0 Å². The second kappa shape index (κ2) is 5.74. The van der Waals surface area contributed by atoms with E-state index in [0.29, 0.717) is 12.1 Å². The van der Waals surface area contributed by atoms with Crippen LogP contribution in [0.1, 0.15) is 45.5 Å². The minimum absolute atomic E-state index is 0.120. The van der Waals surface area contributed by atoms with Crippen molar-refractivity contribution in [1.29, 1.82) is 0 Å². The van der Waals surface area contributed by atoms with Gasteiger partial charge in [0.1, 0.15) is 0 Å². The molecule has 0 saturated heterocycles. The van der Waals surface area contributed by atoms with E-state index in [1.54, 1.807) is 4.52 Å². The van der Waals surface area contributed by atoms with Crippen LogP contribution in [0.25, 0.3) is 16.8 Å². The molecular formula is C19H21N3O2. The van der Waals surface area contributed by atoms with Gasteiger partial charge in [-0.15, -0.1) is 0 Å². The summed E-state index contributed by atoms with van der Waals surface area (Å²) >= 11 is 0. The zero-order chi connectivity index (χ0) is 17.6. The van der Waals surface area contributed by atoms with Crippen LogP contribution in [0.4, 0.5) is 0 Å². The van der Waals surface area contributed by atoms with Gasteiger partial charge in [-0.1, -0.05) is 25.1 Å². The minimum atomic E-state index is -0.997. The van der Waals surface area contributed by atoms with E-state index in [2.05, 4.69) is 36.1 Å². The SMILES string of the molecule is CCc1c(C(=O)O)nc2c(-c3c(C)cccc3C)c(C)nn2c1C. The Morgan fingerprint density at radius 1 is 1.12 bits per heavy atom. The lowest BCUT2D eigenvalue weighted by Crippen LogP contribution is -2.12. The van der Waals surface area contributed by atoms with Gasteiger partial charge in [0.2, 0.25) is 0 Å². The largest absolute Gasteiger partial charge is 0.476 e. The van der Waals surface area contributed by atoms with Gasteiger partial charge < -0.3 is 5.11 Å². The molecule has 0 aliphatic heterocycles. The lowest BCUT2D eigenvalue weighted by molar-refractivity contribution is 0.0689. The summed E-state index contributed by atoms with van der Waals surface area (Å²) in [7, 11) is 0. The first kappa shape index (κ1) is 16.2. The third-order valence-electron chi connectivity index (χ3n) is 4.58. The average molecular weight is 323 g/mol. The van der Waals surface area contributed by atoms with Crippen LogP contribution in [-0.4, -0.2) is 25.7 Å². The highest BCUT2D eigenvalue weighted by atomic mass is 16.4. The molecule has 2 aromatic heterocycles. The lowest BCUT2D eigenvalue weighted by Gasteiger charge is -2.12. The zero-order valence-electron chi connectivity index (χ0n) is 14.6. The summed E-state index contributed by atoms with van der Waals surface area (Å²) in [6.45, 7) is 9.89. The molecule has 0 bridgehead atoms. The molecule has 0 aliphatic rings. The number of rotatable bonds is 3. The predicted molar refractivity (Wildman–Crippen MR) is 93.7 cm³/mol. The second-order valence-electron chi connectivity index (χ2n) is 6.15. The van der Waals surface area contributed by atoms with Gasteiger partial charge in [0, 0.05) is 11.3 Å². The number of nitrogens with zero attached hydrogens (tertiary/aromatic N) is 3. The molecule has 0 radical (unpaired) electrons. The Morgan fingerprint density at radius 3 is 2.29 bits per heavy atom. The maximum atomic E-state index is 11.7. The number of aromatic carboxylic acids is 1. The van der Waals surface area contributed by atoms with Crippen molar-refractivity contribution in [3.8, 4) is 11.1 Å². The summed E-state index contributed by atoms with van der Waals surface area (Å²) in [4.78, 5) is 16.2. The molecular weight excluding hydrogens is 302 g/mol. The molecule has 0 aliphatic carbocycles. The molecule has 1 aromatic carbocycles. The Hall–Kier alpha value is -2.69. The Labute approximate surface area is 141 Å². The van der Waals surface area contributed by atoms with E-state index < -0.39 is 5.97 Å². The van der Waals surface area contributed by atoms with E-state index in [1.807, 2.05) is 26.8 Å². The summed E-state index contributed by atoms with van der Waals surface area (Å²) in [6, 6.07) is 6.12. The Balaban J connectivity index is 2.47. The van der Waals surface area contributed by atoms with E-state index in [0.717, 1.165) is 39.2 Å². The standard InChI is InChI=1S/C19H21N3O2/c1-6-14-13(5)22-18(20-17(14)19(23)24)16(12(4)21-22)15-10(2)8-7-9-11(15)3/h7-9H,6H2,1-5H3,(H,23,24). The number of carbonyl (C=O) groups is 1. The van der Waals surface area contributed by atoms with Gasteiger partial charge in [0.25, 0.3) is 0 Å². The summed E-state index contributed by atoms with van der Waals surface area (Å²) < 4.78 is 1.78. The minimum Gasteiger partial charge on any atom is -0.476 e. The number of carboxylic acid groups (broad SMARTS) is 1. The molecule has 5 heteroatoms. The van der Waals surface area contributed by atoms with Gasteiger partial charge in [-0.25, -0.2) is 14.3 Å². The number of fused-ring (bicyclic) bond motifs is 1. The topological polar surface area (TPSA) is 67.5 Å². The monoisotopic (exact) mass is 323 g/mol. The van der Waals surface area contributed by atoms with E-state index in [4.69, 9.17) is 0 Å². The third-order valence-corrected chi connectivity index (χ3v) is 4.58. The van der Waals surface area contributed by atoms with Gasteiger partial charge in [-0.3, -0.25) is 0 Å². The number of aromatic nitrogens is 3. The number of hydrogen-bond acceptors (Lipinski definition) is 3. The van der Waals surface area contributed by atoms with Gasteiger partial charge in [-0.05, 0) is 50.8 Å². The smallest absolute Gasteiger partial charge is 0.354 e. The normalized spacial score (nSPS) is 11.2. The second-order valence-corrected chi connectivity index (χ2v) is 6.15. The molecule has 1 N–H and O–H groups in total. The zero-order valence-corrected chi connectivity index (χ0v) is 14.6. The first-order valence-corrected chi connectivity index (χ1v) is 8.05. The lowest BCUT2D eigenvalue weighted by atomic mass is 9.96. The van der Waals surface area contributed by atoms with E-state index in [1.165, 1.54) is 0 Å². The fourth-order valence-corrected chi connectivity index (χ4v) is 3.43. The first-order chi connectivity index (χ1) is 11.4. The summed E-state index contributed by atoms with van der Waals surface area (Å²) in [5, 5.41) is 14.2. The van der Waals surface area contributed by atoms with E-state index in [9.17, 15) is 9.90 Å². The molecule has 5 nitrogen and oxygen atoms in total. The fraction of sp³-hybridized carbons (Fsp3) is 0.316. The van der Waals surface area contributed by atoms with Crippen LogP contribution < -0.4 is 0 Å². The van der Waals surface area contributed by atoms with Crippen LogP contribution >= 0.6 is 0 Å². The van der Waals surface area contributed by atoms with Crippen molar-refractivity contribution in [1.82, 2.24) is 14.6 Å². The van der Waals surface area contributed by atoms with Crippen molar-refractivity contribution in [3.63, 3.8) is 0 Å². The number of carboxylic acids is 1. The highest BCUT2D eigenvalue weighted by molar-refractivity contribution is 5.90. The molecule has 0 amide bonds. The summed E-state index contributed by atoms with van der Waals surface area (Å²) in [6.07, 6.45) is 0.605. The maximum Gasteiger partial charge on any atom is 0.354 e. The third kappa shape index (κ3) is 2.28. The average Bonchev–Trinajstić information content (AvgIpc) is 2.84. The fourth-order valence-electron chi connectivity index (χ4n) is 3.43. The molecule has 3 rings (SSSR count). The molecule has 0 atom stereocenters. The number of benzene rings is 1. The van der Waals surface area contributed by atoms with Crippen molar-refractivity contribution < 1.29 is 9.90 Å². The molecule has 2 heterocycles. The van der Waals surface area contributed by atoms with E-state index in [-0.39, 0.29) is 5.69 Å². The van der Waals surface area contributed by atoms with Gasteiger partial charge in [0.15, 0.2) is 11.3 Å². The van der Waals surface area contributed by atoms with Crippen LogP contribution in [0.3, 0.4) is 0 Å². The number of aryl methyl sites for hydroxylation is 4. The molecule has 3 aromatic rings. The van der Waals surface area contributed by atoms with Crippen molar-refractivity contribution >= 4 is 11.6 Å². The van der Waals surface area contributed by atoms with Gasteiger partial charge in [-0.2, -0.15) is 5.10 Å². The van der Waals surface area contributed by atoms with Crippen LogP contribution in [0.5, 0.6) is 0 Å². The van der Waals surface area contributed by atoms with Crippen LogP contribution in [0.2, 0.25) is 0 Å². The maximum absolute atomic E-state index is 11.7. The van der Waals surface area contributed by atoms with Crippen molar-refractivity contribution in [3.05, 3.63) is 52.0 Å². The van der Waals surface area contributed by atoms with Gasteiger partial charge >= 0.3 is 5.97 Å². The predicted octanol–water partition coefficient (Wildman–Crippen LogP) is 3.89. The van der Waals surface area contributed by atoms with Crippen molar-refractivity contribution in [2.24, 2.45) is 0 Å². The summed E-state index contributed by atoms with van der Waals surface area (Å²) in [5.41, 5.74) is 7.40. The molecule has 0 saturated carbocycles. The number of hydrogen-bond donors (Lipinski definition) is 1. The van der Waals surface area contributed by atoms with Crippen LogP contribution in [0.15, 0.2) is 18.2 Å². The van der Waals surface area contributed by atoms with Crippen LogP contribution in [0, 0.1) is 27.7 Å². The highest BCUT2D eigenvalue weighted by Gasteiger charge is 2.22. The molecule has 0 fully saturated rings. The quantitative estimate of drug-likeness (QED) is 0.794. The Morgan fingerprint density at radius 2 is 1.75 bits per heavy atom. The molecule has 0 spiro atoms.